The Labute approximate surface area is 187 Å². The van der Waals surface area contributed by atoms with Crippen LogP contribution in [0.1, 0.15) is 31.3 Å². The van der Waals surface area contributed by atoms with Crippen molar-refractivity contribution in [2.45, 2.75) is 37.7 Å². The van der Waals surface area contributed by atoms with Gasteiger partial charge < -0.3 is 19.8 Å². The molecule has 0 atom stereocenters. The van der Waals surface area contributed by atoms with Crippen LogP contribution in [0.25, 0.3) is 11.0 Å². The van der Waals surface area contributed by atoms with Crippen molar-refractivity contribution in [3.8, 4) is 0 Å². The lowest BCUT2D eigenvalue weighted by molar-refractivity contribution is 0.0923. The molecule has 0 saturated carbocycles. The number of hydrogen-bond acceptors (Lipinski definition) is 8. The number of fused-ring (bicyclic) bond motifs is 1. The molecule has 0 unspecified atom stereocenters. The fraction of sp³-hybridized carbons (Fsp3) is 0.474. The van der Waals surface area contributed by atoms with Crippen molar-refractivity contribution in [1.29, 1.82) is 0 Å². The number of furan rings is 1. The van der Waals surface area contributed by atoms with Gasteiger partial charge in [0, 0.05) is 24.9 Å². The zero-order chi connectivity index (χ0) is 21.5. The molecular formula is C19H25BrN6O3S. The second-order valence-corrected chi connectivity index (χ2v) is 8.93. The Kier molecular flexibility index (Phi) is 8.11. The molecule has 2 N–H and O–H groups in total. The van der Waals surface area contributed by atoms with E-state index in [0.29, 0.717) is 47.9 Å². The highest BCUT2D eigenvalue weighted by atomic mass is 79.9. The van der Waals surface area contributed by atoms with Gasteiger partial charge in [-0.25, -0.2) is 14.6 Å². The quantitative estimate of drug-likeness (QED) is 0.235. The largest absolute Gasteiger partial charge is 0.444 e. The van der Waals surface area contributed by atoms with Crippen molar-refractivity contribution >= 4 is 50.5 Å². The van der Waals surface area contributed by atoms with Gasteiger partial charge in [0.1, 0.15) is 5.82 Å². The van der Waals surface area contributed by atoms with Gasteiger partial charge in [-0.3, -0.25) is 4.79 Å². The van der Waals surface area contributed by atoms with Gasteiger partial charge in [0.15, 0.2) is 21.2 Å². The van der Waals surface area contributed by atoms with Gasteiger partial charge >= 0.3 is 0 Å². The maximum absolute atomic E-state index is 12.1. The Balaban J connectivity index is 1.73. The molecule has 3 rings (SSSR count). The van der Waals surface area contributed by atoms with Gasteiger partial charge in [-0.1, -0.05) is 25.6 Å². The molecule has 0 saturated heterocycles. The van der Waals surface area contributed by atoms with Crippen molar-refractivity contribution in [1.82, 2.24) is 25.1 Å². The zero-order valence-corrected chi connectivity index (χ0v) is 19.5. The van der Waals surface area contributed by atoms with Gasteiger partial charge in [0.05, 0.1) is 24.7 Å². The number of nitrogens with zero attached hydrogens (tertiary/aromatic N) is 4. The van der Waals surface area contributed by atoms with E-state index in [2.05, 4.69) is 55.5 Å². The monoisotopic (exact) mass is 496 g/mol. The summed E-state index contributed by atoms with van der Waals surface area (Å²) < 4.78 is 13.0. The maximum atomic E-state index is 12.1. The summed E-state index contributed by atoms with van der Waals surface area (Å²) in [6.07, 6.45) is 1.74. The van der Waals surface area contributed by atoms with Crippen LogP contribution in [0.3, 0.4) is 0 Å². The SMILES string of the molecule is CCOCCNc1nc(SC(C)C)nc2c1cnn2CCNC(=O)c1ccc(Br)o1. The third kappa shape index (κ3) is 5.96. The van der Waals surface area contributed by atoms with Crippen LogP contribution < -0.4 is 10.6 Å². The first-order chi connectivity index (χ1) is 14.5. The fourth-order valence-electron chi connectivity index (χ4n) is 2.68. The van der Waals surface area contributed by atoms with Gasteiger partial charge in [-0.05, 0) is 35.0 Å². The summed E-state index contributed by atoms with van der Waals surface area (Å²) >= 11 is 4.78. The number of anilines is 1. The molecule has 3 aromatic rings. The molecule has 0 aromatic carbocycles. The number of thioether (sulfide) groups is 1. The molecular weight excluding hydrogens is 472 g/mol. The van der Waals surface area contributed by atoms with Crippen molar-refractivity contribution in [2.75, 3.05) is 31.6 Å². The summed E-state index contributed by atoms with van der Waals surface area (Å²) in [5.74, 6) is 0.714. The van der Waals surface area contributed by atoms with Gasteiger partial charge in [-0.15, -0.1) is 0 Å². The molecule has 0 aliphatic heterocycles. The van der Waals surface area contributed by atoms with E-state index in [1.165, 1.54) is 0 Å². The van der Waals surface area contributed by atoms with E-state index in [1.54, 1.807) is 34.8 Å². The van der Waals surface area contributed by atoms with Crippen molar-refractivity contribution in [3.63, 3.8) is 0 Å². The third-order valence-electron chi connectivity index (χ3n) is 3.97. The summed E-state index contributed by atoms with van der Waals surface area (Å²) in [6.45, 7) is 8.93. The van der Waals surface area contributed by atoms with Crippen LogP contribution in [0.4, 0.5) is 5.82 Å². The molecule has 0 aliphatic carbocycles. The Morgan fingerprint density at radius 1 is 1.33 bits per heavy atom. The highest BCUT2D eigenvalue weighted by Crippen LogP contribution is 2.26. The predicted molar refractivity (Wildman–Crippen MR) is 120 cm³/mol. The smallest absolute Gasteiger partial charge is 0.287 e. The van der Waals surface area contributed by atoms with Crippen LogP contribution in [0.2, 0.25) is 0 Å². The highest BCUT2D eigenvalue weighted by Gasteiger charge is 2.15. The fourth-order valence-corrected chi connectivity index (χ4v) is 3.69. The number of halogens is 1. The van der Waals surface area contributed by atoms with E-state index in [-0.39, 0.29) is 11.7 Å². The third-order valence-corrected chi connectivity index (χ3v) is 5.26. The second kappa shape index (κ2) is 10.8. The highest BCUT2D eigenvalue weighted by molar-refractivity contribution is 9.10. The molecule has 9 nitrogen and oxygen atoms in total. The lowest BCUT2D eigenvalue weighted by atomic mass is 10.4. The molecule has 0 radical (unpaired) electrons. The normalized spacial score (nSPS) is 11.4. The topological polar surface area (TPSA) is 107 Å². The molecule has 11 heteroatoms. The summed E-state index contributed by atoms with van der Waals surface area (Å²) in [5, 5.41) is 12.5. The first-order valence-electron chi connectivity index (χ1n) is 9.73. The Hall–Kier alpha value is -2.11. The number of carbonyl (C=O) groups excluding carboxylic acids is 1. The predicted octanol–water partition coefficient (Wildman–Crippen LogP) is 3.56. The molecule has 162 valence electrons. The minimum absolute atomic E-state index is 0.255. The molecule has 0 fully saturated rings. The van der Waals surface area contributed by atoms with E-state index in [4.69, 9.17) is 9.15 Å². The van der Waals surface area contributed by atoms with E-state index < -0.39 is 0 Å². The number of carbonyl (C=O) groups is 1. The summed E-state index contributed by atoms with van der Waals surface area (Å²) in [6, 6.07) is 3.30. The van der Waals surface area contributed by atoms with Gasteiger partial charge in [0.2, 0.25) is 0 Å². The number of rotatable bonds is 11. The van der Waals surface area contributed by atoms with E-state index in [9.17, 15) is 4.79 Å². The standard InChI is InChI=1S/C19H25BrN6O3S/c1-4-28-10-8-21-16-13-11-23-26(17(13)25-19(24-16)30-12(2)3)9-7-22-18(27)14-5-6-15(20)29-14/h5-6,11-12H,4,7-10H2,1-3H3,(H,22,27)(H,21,24,25). The van der Waals surface area contributed by atoms with Crippen LogP contribution in [-0.2, 0) is 11.3 Å². The molecule has 3 aromatic heterocycles. The van der Waals surface area contributed by atoms with Crippen molar-refractivity contribution in [2.24, 2.45) is 0 Å². The van der Waals surface area contributed by atoms with E-state index in [0.717, 1.165) is 16.9 Å². The van der Waals surface area contributed by atoms with Crippen LogP contribution in [0, 0.1) is 0 Å². The molecule has 0 spiro atoms. The van der Waals surface area contributed by atoms with E-state index >= 15 is 0 Å². The first kappa shape index (κ1) is 22.6. The molecule has 30 heavy (non-hydrogen) atoms. The second-order valence-electron chi connectivity index (χ2n) is 6.61. The van der Waals surface area contributed by atoms with Crippen molar-refractivity contribution in [3.05, 3.63) is 28.8 Å². The van der Waals surface area contributed by atoms with Crippen LogP contribution in [-0.4, -0.2) is 57.2 Å². The summed E-state index contributed by atoms with van der Waals surface area (Å²) in [7, 11) is 0. The molecule has 3 heterocycles. The average Bonchev–Trinajstić information content (AvgIpc) is 3.31. The molecule has 1 amide bonds. The number of nitrogens with one attached hydrogen (secondary N) is 2. The van der Waals surface area contributed by atoms with Crippen LogP contribution in [0.5, 0.6) is 0 Å². The number of ether oxygens (including phenoxy) is 1. The zero-order valence-electron chi connectivity index (χ0n) is 17.1. The molecule has 0 aliphatic rings. The minimum Gasteiger partial charge on any atom is -0.444 e. The first-order valence-corrected chi connectivity index (χ1v) is 11.4. The lowest BCUT2D eigenvalue weighted by Crippen LogP contribution is -2.27. The summed E-state index contributed by atoms with van der Waals surface area (Å²) in [5.41, 5.74) is 0.724. The maximum Gasteiger partial charge on any atom is 0.287 e. The minimum atomic E-state index is -0.277. The Morgan fingerprint density at radius 2 is 2.17 bits per heavy atom. The Bertz CT molecular complexity index is 990. The number of hydrogen-bond donors (Lipinski definition) is 2. The van der Waals surface area contributed by atoms with Crippen LogP contribution in [0.15, 0.2) is 32.6 Å². The lowest BCUT2D eigenvalue weighted by Gasteiger charge is -2.11. The Morgan fingerprint density at radius 3 is 2.87 bits per heavy atom. The van der Waals surface area contributed by atoms with Crippen molar-refractivity contribution < 1.29 is 13.9 Å². The average molecular weight is 497 g/mol. The van der Waals surface area contributed by atoms with Gasteiger partial charge in [-0.2, -0.15) is 5.10 Å². The van der Waals surface area contributed by atoms with Crippen LogP contribution >= 0.6 is 27.7 Å². The van der Waals surface area contributed by atoms with Gasteiger partial charge in [0.25, 0.3) is 5.91 Å². The number of amides is 1. The van der Waals surface area contributed by atoms with E-state index in [1.807, 2.05) is 6.92 Å². The number of aromatic nitrogens is 4. The summed E-state index contributed by atoms with van der Waals surface area (Å²) in [4.78, 5) is 21.5. The molecule has 0 bridgehead atoms.